The average molecular weight is 614 g/mol. The van der Waals surface area contributed by atoms with Crippen LogP contribution in [0.4, 0.5) is 22.1 Å². The average Bonchev–Trinajstić information content (AvgIpc) is 3.33. The molecule has 0 radical (unpaired) electrons. The molecule has 4 aliphatic heterocycles. The monoisotopic (exact) mass is 613 g/mol. The summed E-state index contributed by atoms with van der Waals surface area (Å²) in [5.74, 6) is 2.30. The van der Waals surface area contributed by atoms with Crippen molar-refractivity contribution in [3.63, 3.8) is 0 Å². The molecule has 13 heteroatoms. The van der Waals surface area contributed by atoms with Crippen molar-refractivity contribution in [2.24, 2.45) is 0 Å². The summed E-state index contributed by atoms with van der Waals surface area (Å²) in [5, 5.41) is 5.65. The predicted molar refractivity (Wildman–Crippen MR) is 168 cm³/mol. The van der Waals surface area contributed by atoms with Gasteiger partial charge in [0.25, 0.3) is 5.91 Å². The van der Waals surface area contributed by atoms with E-state index in [0.29, 0.717) is 62.4 Å². The number of nitrogens with one attached hydrogen (secondary N) is 2. The van der Waals surface area contributed by atoms with Crippen LogP contribution in [0.1, 0.15) is 47.9 Å². The lowest BCUT2D eigenvalue weighted by Crippen LogP contribution is -2.47. The number of likely N-dealkylation sites (N-methyl/N-ethyl adjacent to an activating group) is 1. The second-order valence-electron chi connectivity index (χ2n) is 12.2. The van der Waals surface area contributed by atoms with Gasteiger partial charge in [-0.3, -0.25) is 4.79 Å². The van der Waals surface area contributed by atoms with Gasteiger partial charge in [0.2, 0.25) is 5.95 Å². The Morgan fingerprint density at radius 2 is 1.49 bits per heavy atom. The number of carbonyl (C=O) groups excluding carboxylic acids is 2. The first-order valence-corrected chi connectivity index (χ1v) is 15.8. The molecule has 45 heavy (non-hydrogen) atoms. The normalized spacial score (nSPS) is 22.3. The fourth-order valence-electron chi connectivity index (χ4n) is 6.48. The van der Waals surface area contributed by atoms with Crippen molar-refractivity contribution in [1.29, 1.82) is 0 Å². The number of hydrogen-bond donors (Lipinski definition) is 2. The molecular weight excluding hydrogens is 574 g/mol. The maximum Gasteiger partial charge on any atom is 0.323 e. The van der Waals surface area contributed by atoms with Crippen molar-refractivity contribution in [2.75, 3.05) is 75.2 Å². The molecule has 2 bridgehead atoms. The molecule has 7 rings (SSSR count). The largest absolute Gasteiger partial charge is 0.381 e. The highest BCUT2D eigenvalue weighted by molar-refractivity contribution is 6.00. The minimum absolute atomic E-state index is 0.0957. The van der Waals surface area contributed by atoms with E-state index in [2.05, 4.69) is 25.4 Å². The quantitative estimate of drug-likeness (QED) is 0.426. The number of aromatic nitrogens is 4. The van der Waals surface area contributed by atoms with Crippen molar-refractivity contribution in [3.8, 4) is 11.4 Å². The SMILES string of the molecule is CN1CCN(C(=O)c2ccc(NC(=O)Nc3ccc(-c4nc(C5CCOCC5)nc(N5C6CCC5COC6)n4)cc3)cn2)CC1. The van der Waals surface area contributed by atoms with E-state index in [9.17, 15) is 9.59 Å². The number of pyridine rings is 1. The molecule has 4 fully saturated rings. The third-order valence-corrected chi connectivity index (χ3v) is 9.13. The molecule has 3 aromatic rings. The van der Waals surface area contributed by atoms with Gasteiger partial charge in [0.1, 0.15) is 11.5 Å². The number of rotatable bonds is 6. The summed E-state index contributed by atoms with van der Waals surface area (Å²) >= 11 is 0. The standard InChI is InChI=1S/C32H39N9O4/c1-39-12-14-40(15-13-39)30(42)27-9-6-24(18-33-27)35-32(43)34-23-4-2-21(3-5-23)28-36-29(22-10-16-44-17-11-22)38-31(37-28)41-25-7-8-26(41)20-45-19-25/h2-6,9,18,22,25-26H,7-8,10-17,19-20H2,1H3,(H2,34,35,43). The predicted octanol–water partition coefficient (Wildman–Crippen LogP) is 3.23. The smallest absolute Gasteiger partial charge is 0.323 e. The lowest BCUT2D eigenvalue weighted by molar-refractivity contribution is 0.0658. The lowest BCUT2D eigenvalue weighted by atomic mass is 9.99. The fraction of sp³-hybridized carbons (Fsp3) is 0.500. The molecule has 3 amide bonds. The highest BCUT2D eigenvalue weighted by Crippen LogP contribution is 2.34. The number of hydrogen-bond acceptors (Lipinski definition) is 10. The van der Waals surface area contributed by atoms with Gasteiger partial charge in [-0.2, -0.15) is 9.97 Å². The minimum atomic E-state index is -0.408. The van der Waals surface area contributed by atoms with E-state index in [1.165, 1.54) is 6.20 Å². The molecule has 0 saturated carbocycles. The van der Waals surface area contributed by atoms with Crippen molar-refractivity contribution < 1.29 is 19.1 Å². The van der Waals surface area contributed by atoms with Crippen LogP contribution in [0, 0.1) is 0 Å². The Bertz CT molecular complexity index is 1490. The van der Waals surface area contributed by atoms with E-state index >= 15 is 0 Å². The molecule has 1 aromatic carbocycles. The fourth-order valence-corrected chi connectivity index (χ4v) is 6.48. The summed E-state index contributed by atoms with van der Waals surface area (Å²) in [4.78, 5) is 51.0. The molecular formula is C32H39N9O4. The maximum atomic E-state index is 12.8. The summed E-state index contributed by atoms with van der Waals surface area (Å²) in [5.41, 5.74) is 2.33. The van der Waals surface area contributed by atoms with Gasteiger partial charge >= 0.3 is 6.03 Å². The Hall–Kier alpha value is -4.20. The number of piperazine rings is 1. The zero-order valence-electron chi connectivity index (χ0n) is 25.5. The Morgan fingerprint density at radius 1 is 0.800 bits per heavy atom. The van der Waals surface area contributed by atoms with Crippen LogP contribution in [-0.2, 0) is 9.47 Å². The maximum absolute atomic E-state index is 12.8. The molecule has 236 valence electrons. The summed E-state index contributed by atoms with van der Waals surface area (Å²) in [6, 6.07) is 11.0. The second-order valence-corrected chi connectivity index (χ2v) is 12.2. The first-order valence-electron chi connectivity index (χ1n) is 15.8. The highest BCUT2D eigenvalue weighted by atomic mass is 16.5. The molecule has 2 aromatic heterocycles. The minimum Gasteiger partial charge on any atom is -0.381 e. The van der Waals surface area contributed by atoms with E-state index in [0.717, 1.165) is 56.1 Å². The Morgan fingerprint density at radius 3 is 2.18 bits per heavy atom. The van der Waals surface area contributed by atoms with E-state index in [1.807, 2.05) is 36.2 Å². The van der Waals surface area contributed by atoms with E-state index in [4.69, 9.17) is 24.4 Å². The topological polar surface area (TPSA) is 138 Å². The van der Waals surface area contributed by atoms with E-state index < -0.39 is 6.03 Å². The Kier molecular flexibility index (Phi) is 8.55. The van der Waals surface area contributed by atoms with Gasteiger partial charge in [-0.15, -0.1) is 0 Å². The summed E-state index contributed by atoms with van der Waals surface area (Å²) < 4.78 is 11.4. The van der Waals surface area contributed by atoms with Crippen LogP contribution in [0.15, 0.2) is 42.6 Å². The third kappa shape index (κ3) is 6.60. The zero-order valence-corrected chi connectivity index (χ0v) is 25.5. The second kappa shape index (κ2) is 13.0. The number of carbonyl (C=O) groups is 2. The third-order valence-electron chi connectivity index (χ3n) is 9.13. The van der Waals surface area contributed by atoms with Crippen LogP contribution in [0.3, 0.4) is 0 Å². The first-order chi connectivity index (χ1) is 22.0. The molecule has 4 aliphatic rings. The number of fused-ring (bicyclic) bond motifs is 2. The molecule has 6 heterocycles. The number of ether oxygens (including phenoxy) is 2. The molecule has 4 saturated heterocycles. The number of morpholine rings is 1. The molecule has 13 nitrogen and oxygen atoms in total. The van der Waals surface area contributed by atoms with Gasteiger partial charge in [0, 0.05) is 56.6 Å². The van der Waals surface area contributed by atoms with Crippen LogP contribution < -0.4 is 15.5 Å². The zero-order chi connectivity index (χ0) is 30.8. The van der Waals surface area contributed by atoms with E-state index in [1.54, 1.807) is 12.1 Å². The summed E-state index contributed by atoms with van der Waals surface area (Å²) in [6.07, 6.45) is 5.44. The molecule has 2 N–H and O–H groups in total. The van der Waals surface area contributed by atoms with Crippen molar-refractivity contribution >= 4 is 29.3 Å². The number of amides is 3. The van der Waals surface area contributed by atoms with Crippen molar-refractivity contribution in [2.45, 2.75) is 43.7 Å². The van der Waals surface area contributed by atoms with Gasteiger partial charge in [0.05, 0.1) is 37.2 Å². The Balaban J connectivity index is 1.02. The molecule has 0 spiro atoms. The first kappa shape index (κ1) is 29.5. The molecule has 2 atom stereocenters. The molecule has 2 unspecified atom stereocenters. The van der Waals surface area contributed by atoms with Gasteiger partial charge in [-0.25, -0.2) is 14.8 Å². The van der Waals surface area contributed by atoms with Crippen LogP contribution >= 0.6 is 0 Å². The summed E-state index contributed by atoms with van der Waals surface area (Å²) in [6.45, 7) is 5.86. The van der Waals surface area contributed by atoms with Crippen LogP contribution in [0.5, 0.6) is 0 Å². The number of urea groups is 1. The lowest BCUT2D eigenvalue weighted by Gasteiger charge is -2.35. The molecule has 0 aliphatic carbocycles. The van der Waals surface area contributed by atoms with Gasteiger partial charge in [-0.05, 0) is 69.1 Å². The number of nitrogens with zero attached hydrogens (tertiary/aromatic N) is 7. The highest BCUT2D eigenvalue weighted by Gasteiger charge is 2.39. The van der Waals surface area contributed by atoms with Crippen LogP contribution in [0.25, 0.3) is 11.4 Å². The van der Waals surface area contributed by atoms with E-state index in [-0.39, 0.29) is 23.9 Å². The van der Waals surface area contributed by atoms with Gasteiger partial charge in [-0.1, -0.05) is 0 Å². The van der Waals surface area contributed by atoms with Crippen molar-refractivity contribution in [3.05, 3.63) is 54.1 Å². The van der Waals surface area contributed by atoms with Gasteiger partial charge < -0.3 is 34.8 Å². The van der Waals surface area contributed by atoms with Crippen molar-refractivity contribution in [1.82, 2.24) is 29.7 Å². The van der Waals surface area contributed by atoms with Gasteiger partial charge in [0.15, 0.2) is 5.82 Å². The van der Waals surface area contributed by atoms with Crippen LogP contribution in [0.2, 0.25) is 0 Å². The Labute approximate surface area is 262 Å². The number of benzene rings is 1. The van der Waals surface area contributed by atoms with Crippen LogP contribution in [-0.4, -0.2) is 113 Å². The number of anilines is 3. The summed E-state index contributed by atoms with van der Waals surface area (Å²) in [7, 11) is 2.05.